The van der Waals surface area contributed by atoms with Crippen molar-refractivity contribution in [3.8, 4) is 0 Å². The normalized spacial score (nSPS) is 20.1. The highest BCUT2D eigenvalue weighted by molar-refractivity contribution is 4.72. The molecule has 4 heteroatoms. The Kier molecular flexibility index (Phi) is 6.07. The minimum atomic E-state index is -0.392. The smallest absolute Gasteiger partial charge is 0.113 e. The molecule has 1 radical (unpaired) electrons. The molecule has 1 saturated heterocycles. The van der Waals surface area contributed by atoms with Crippen LogP contribution in [0.1, 0.15) is 19.3 Å². The maximum atomic E-state index is 11.8. The second-order valence-electron chi connectivity index (χ2n) is 3.66. The van der Waals surface area contributed by atoms with Gasteiger partial charge in [-0.05, 0) is 19.3 Å². The topological polar surface area (TPSA) is 32.4 Å². The molecule has 0 saturated carbocycles. The molecule has 0 unspecified atom stereocenters. The second kappa shape index (κ2) is 7.15. The summed E-state index contributed by atoms with van der Waals surface area (Å²) in [5, 5.41) is 10.3. The van der Waals surface area contributed by atoms with E-state index in [0.29, 0.717) is 0 Å². The zero-order valence-electron chi connectivity index (χ0n) is 8.58. The van der Waals surface area contributed by atoms with Crippen LogP contribution in [0.25, 0.3) is 0 Å². The molecule has 3 nitrogen and oxygen atoms in total. The van der Waals surface area contributed by atoms with Crippen LogP contribution in [0, 0.1) is 0 Å². The van der Waals surface area contributed by atoms with Gasteiger partial charge in [0, 0.05) is 19.6 Å². The maximum Gasteiger partial charge on any atom is 0.113 e. The molecule has 0 aromatic heterocycles. The molecule has 0 aromatic carbocycles. The monoisotopic (exact) mass is 204 g/mol. The molecule has 0 N–H and O–H groups in total. The van der Waals surface area contributed by atoms with Crippen LogP contribution < -0.4 is 0 Å². The van der Waals surface area contributed by atoms with Crippen molar-refractivity contribution in [3.63, 3.8) is 0 Å². The lowest BCUT2D eigenvalue weighted by atomic mass is 10.1. The SMILES string of the molecule is [O]CCCN1CCC(OCCF)CC1. The van der Waals surface area contributed by atoms with Crippen molar-refractivity contribution in [3.05, 3.63) is 0 Å². The predicted molar refractivity (Wildman–Crippen MR) is 51.6 cm³/mol. The van der Waals surface area contributed by atoms with Crippen molar-refractivity contribution in [1.29, 1.82) is 0 Å². The fraction of sp³-hybridized carbons (Fsp3) is 1.00. The van der Waals surface area contributed by atoms with Crippen LogP contribution in [0.4, 0.5) is 4.39 Å². The van der Waals surface area contributed by atoms with Crippen LogP contribution in [0.2, 0.25) is 0 Å². The summed E-state index contributed by atoms with van der Waals surface area (Å²) >= 11 is 0. The van der Waals surface area contributed by atoms with Crippen LogP contribution in [0.15, 0.2) is 0 Å². The number of alkyl halides is 1. The standard InChI is InChI=1S/C10H19FNO2/c11-4-9-14-10-2-6-12(7-3-10)5-1-8-13/h10H,1-9H2. The first-order chi connectivity index (χ1) is 6.86. The van der Waals surface area contributed by atoms with Crippen molar-refractivity contribution < 1.29 is 14.2 Å². The quantitative estimate of drug-likeness (QED) is 0.652. The molecule has 1 rings (SSSR count). The Bertz CT molecular complexity index is 122. The molecule has 1 aliphatic rings. The average Bonchev–Trinajstić information content (AvgIpc) is 2.25. The van der Waals surface area contributed by atoms with E-state index in [1.807, 2.05) is 0 Å². The number of halogens is 1. The highest BCUT2D eigenvalue weighted by Gasteiger charge is 2.18. The number of hydrogen-bond acceptors (Lipinski definition) is 2. The number of hydrogen-bond donors (Lipinski definition) is 0. The molecule has 14 heavy (non-hydrogen) atoms. The summed E-state index contributed by atoms with van der Waals surface area (Å²) in [6.45, 7) is 2.72. The Balaban J connectivity index is 2.05. The summed E-state index contributed by atoms with van der Waals surface area (Å²) < 4.78 is 17.1. The van der Waals surface area contributed by atoms with E-state index in [9.17, 15) is 9.50 Å². The van der Waals surface area contributed by atoms with Gasteiger partial charge in [-0.2, -0.15) is 0 Å². The van der Waals surface area contributed by atoms with Crippen molar-refractivity contribution >= 4 is 0 Å². The molecule has 1 aliphatic heterocycles. The fourth-order valence-electron chi connectivity index (χ4n) is 1.80. The highest BCUT2D eigenvalue weighted by atomic mass is 19.1. The molecular weight excluding hydrogens is 185 g/mol. The van der Waals surface area contributed by atoms with Crippen LogP contribution >= 0.6 is 0 Å². The lowest BCUT2D eigenvalue weighted by Crippen LogP contribution is -2.37. The molecule has 83 valence electrons. The number of likely N-dealkylation sites (tertiary alicyclic amines) is 1. The first-order valence-corrected chi connectivity index (χ1v) is 5.35. The minimum absolute atomic E-state index is 0.0122. The summed E-state index contributed by atoms with van der Waals surface area (Å²) in [4.78, 5) is 2.28. The lowest BCUT2D eigenvalue weighted by molar-refractivity contribution is 0.000824. The van der Waals surface area contributed by atoms with Crippen molar-refractivity contribution in [2.24, 2.45) is 0 Å². The van der Waals surface area contributed by atoms with Gasteiger partial charge < -0.3 is 9.64 Å². The zero-order valence-corrected chi connectivity index (χ0v) is 8.58. The van der Waals surface area contributed by atoms with E-state index in [4.69, 9.17) is 4.74 Å². The fourth-order valence-corrected chi connectivity index (χ4v) is 1.80. The Labute approximate surface area is 84.9 Å². The van der Waals surface area contributed by atoms with Gasteiger partial charge in [0.15, 0.2) is 0 Å². The molecule has 0 spiro atoms. The van der Waals surface area contributed by atoms with Crippen LogP contribution in [0.5, 0.6) is 0 Å². The van der Waals surface area contributed by atoms with Gasteiger partial charge in [0.25, 0.3) is 0 Å². The number of piperidine rings is 1. The van der Waals surface area contributed by atoms with E-state index in [-0.39, 0.29) is 19.3 Å². The molecule has 0 amide bonds. The van der Waals surface area contributed by atoms with Gasteiger partial charge in [0.1, 0.15) is 6.67 Å². The Morgan fingerprint density at radius 1 is 1.36 bits per heavy atom. The third-order valence-corrected chi connectivity index (χ3v) is 2.58. The Morgan fingerprint density at radius 3 is 2.64 bits per heavy atom. The minimum Gasteiger partial charge on any atom is -0.375 e. The summed E-state index contributed by atoms with van der Waals surface area (Å²) in [7, 11) is 0. The Hall–Kier alpha value is -0.190. The maximum absolute atomic E-state index is 11.8. The van der Waals surface area contributed by atoms with Crippen molar-refractivity contribution in [2.75, 3.05) is 39.5 Å². The van der Waals surface area contributed by atoms with Gasteiger partial charge in [0.2, 0.25) is 0 Å². The van der Waals surface area contributed by atoms with Gasteiger partial charge in [-0.1, -0.05) is 0 Å². The zero-order chi connectivity index (χ0) is 10.2. The highest BCUT2D eigenvalue weighted by Crippen LogP contribution is 2.13. The molecule has 0 aliphatic carbocycles. The third kappa shape index (κ3) is 4.35. The van der Waals surface area contributed by atoms with E-state index in [2.05, 4.69) is 4.90 Å². The number of nitrogens with zero attached hydrogens (tertiary/aromatic N) is 1. The summed E-state index contributed by atoms with van der Waals surface area (Å²) in [6, 6.07) is 0. The van der Waals surface area contributed by atoms with Crippen LogP contribution in [-0.4, -0.2) is 50.5 Å². The van der Waals surface area contributed by atoms with E-state index < -0.39 is 6.67 Å². The second-order valence-corrected chi connectivity index (χ2v) is 3.66. The molecule has 0 atom stereocenters. The van der Waals surface area contributed by atoms with Gasteiger partial charge in [-0.25, -0.2) is 9.50 Å². The van der Waals surface area contributed by atoms with Gasteiger partial charge in [0.05, 0.1) is 19.3 Å². The average molecular weight is 204 g/mol. The van der Waals surface area contributed by atoms with Gasteiger partial charge >= 0.3 is 0 Å². The molecule has 1 fully saturated rings. The van der Waals surface area contributed by atoms with E-state index in [1.54, 1.807) is 0 Å². The summed E-state index contributed by atoms with van der Waals surface area (Å²) in [5.41, 5.74) is 0. The van der Waals surface area contributed by atoms with E-state index in [0.717, 1.165) is 38.9 Å². The molecule has 0 aromatic rings. The van der Waals surface area contributed by atoms with Crippen molar-refractivity contribution in [1.82, 2.24) is 4.90 Å². The molecule has 1 heterocycles. The van der Waals surface area contributed by atoms with Crippen molar-refractivity contribution in [2.45, 2.75) is 25.4 Å². The predicted octanol–water partition coefficient (Wildman–Crippen LogP) is 1.26. The first kappa shape index (κ1) is 11.9. The third-order valence-electron chi connectivity index (χ3n) is 2.58. The molecular formula is C10H19FNO2. The van der Waals surface area contributed by atoms with E-state index in [1.165, 1.54) is 0 Å². The number of rotatable bonds is 6. The van der Waals surface area contributed by atoms with Crippen LogP contribution in [0.3, 0.4) is 0 Å². The number of ether oxygens (including phenoxy) is 1. The largest absolute Gasteiger partial charge is 0.375 e. The first-order valence-electron chi connectivity index (χ1n) is 5.35. The summed E-state index contributed by atoms with van der Waals surface area (Å²) in [5.74, 6) is 0. The van der Waals surface area contributed by atoms with Gasteiger partial charge in [-0.3, -0.25) is 0 Å². The van der Waals surface area contributed by atoms with Crippen LogP contribution in [-0.2, 0) is 9.84 Å². The summed E-state index contributed by atoms with van der Waals surface area (Å²) in [6.07, 6.45) is 2.91. The van der Waals surface area contributed by atoms with E-state index >= 15 is 0 Å². The van der Waals surface area contributed by atoms with Gasteiger partial charge in [-0.15, -0.1) is 0 Å². The Morgan fingerprint density at radius 2 is 2.07 bits per heavy atom. The lowest BCUT2D eigenvalue weighted by Gasteiger charge is -2.31. The molecule has 0 bridgehead atoms.